The summed E-state index contributed by atoms with van der Waals surface area (Å²) in [6.45, 7) is 1.51. The smallest absolute Gasteiger partial charge is 0.281 e. The van der Waals surface area contributed by atoms with E-state index in [0.717, 1.165) is 24.4 Å². The molecule has 0 fully saturated rings. The Morgan fingerprint density at radius 3 is 2.50 bits per heavy atom. The zero-order valence-corrected chi connectivity index (χ0v) is 18.8. The van der Waals surface area contributed by atoms with Gasteiger partial charge in [0.1, 0.15) is 17.6 Å². The molecule has 0 spiro atoms. The van der Waals surface area contributed by atoms with E-state index in [1.54, 1.807) is 0 Å². The second kappa shape index (κ2) is 9.03. The summed E-state index contributed by atoms with van der Waals surface area (Å²) < 4.78 is 76.1. The van der Waals surface area contributed by atoms with Gasteiger partial charge >= 0.3 is 0 Å². The minimum atomic E-state index is -3.88. The molecular weight excluding hydrogens is 481 g/mol. The molecule has 0 unspecified atom stereocenters. The summed E-state index contributed by atoms with van der Waals surface area (Å²) in [5.74, 6) is -9.43. The lowest BCUT2D eigenvalue weighted by Crippen LogP contribution is -2.50. The van der Waals surface area contributed by atoms with Gasteiger partial charge in [0.15, 0.2) is 17.2 Å². The number of nitrogens with two attached hydrogens (primary N) is 1. The van der Waals surface area contributed by atoms with Gasteiger partial charge < -0.3 is 11.1 Å². The van der Waals surface area contributed by atoms with Gasteiger partial charge in [-0.25, -0.2) is 26.9 Å². The normalized spacial score (nSPS) is 18.8. The summed E-state index contributed by atoms with van der Waals surface area (Å²) in [5.41, 5.74) is 1.000. The van der Waals surface area contributed by atoms with Crippen LogP contribution in [0, 0.1) is 35.7 Å². The maximum Gasteiger partial charge on any atom is 0.281 e. The second-order valence-corrected chi connectivity index (χ2v) is 8.27. The van der Waals surface area contributed by atoms with E-state index in [0.29, 0.717) is 11.6 Å². The van der Waals surface area contributed by atoms with Gasteiger partial charge in [-0.3, -0.25) is 9.79 Å². The fourth-order valence-electron chi connectivity index (χ4n) is 4.22. The van der Waals surface area contributed by atoms with Crippen molar-refractivity contribution in [3.63, 3.8) is 0 Å². The number of anilines is 1. The molecule has 184 valence electrons. The van der Waals surface area contributed by atoms with Crippen molar-refractivity contribution < 1.29 is 26.7 Å². The van der Waals surface area contributed by atoms with Crippen molar-refractivity contribution in [2.75, 3.05) is 5.32 Å². The number of hydrogen-bond acceptors (Lipinski definition) is 5. The maximum atomic E-state index is 15.6. The zero-order chi connectivity index (χ0) is 26.3. The summed E-state index contributed by atoms with van der Waals surface area (Å²) in [6.07, 6.45) is -0.0954. The molecule has 2 heterocycles. The van der Waals surface area contributed by atoms with E-state index in [1.165, 1.54) is 25.1 Å². The predicted octanol–water partition coefficient (Wildman–Crippen LogP) is 4.96. The van der Waals surface area contributed by atoms with Crippen LogP contribution in [0.4, 0.5) is 27.6 Å². The molecule has 1 amide bonds. The zero-order valence-electron chi connectivity index (χ0n) is 18.8. The first-order chi connectivity index (χ1) is 17.0. The van der Waals surface area contributed by atoms with Crippen LogP contribution in [0.5, 0.6) is 0 Å². The molecule has 0 aliphatic carbocycles. The molecule has 0 saturated carbocycles. The van der Waals surface area contributed by atoms with E-state index in [-0.39, 0.29) is 23.5 Å². The highest BCUT2D eigenvalue weighted by molar-refractivity contribution is 6.04. The molecule has 4 rings (SSSR count). The Bertz CT molecular complexity index is 1450. The lowest BCUT2D eigenvalue weighted by atomic mass is 9.74. The van der Waals surface area contributed by atoms with Crippen molar-refractivity contribution in [3.05, 3.63) is 94.1 Å². The average molecular weight is 499 g/mol. The Morgan fingerprint density at radius 2 is 1.83 bits per heavy atom. The van der Waals surface area contributed by atoms with E-state index >= 15 is 13.2 Å². The number of nitrogens with zero attached hydrogens (tertiary/aromatic N) is 3. The van der Waals surface area contributed by atoms with E-state index in [1.807, 2.05) is 6.07 Å². The first kappa shape index (κ1) is 24.8. The monoisotopic (exact) mass is 499 g/mol. The lowest BCUT2D eigenvalue weighted by molar-refractivity contribution is -0.0728. The van der Waals surface area contributed by atoms with Crippen molar-refractivity contribution in [2.24, 2.45) is 10.7 Å². The summed E-state index contributed by atoms with van der Waals surface area (Å²) >= 11 is 0. The van der Waals surface area contributed by atoms with Crippen LogP contribution in [0.2, 0.25) is 0 Å². The number of carbonyl (C=O) groups is 1. The van der Waals surface area contributed by atoms with Crippen LogP contribution in [0.3, 0.4) is 0 Å². The number of pyridine rings is 1. The molecular formula is C25H18F5N5O. The van der Waals surface area contributed by atoms with Gasteiger partial charge in [0.05, 0.1) is 11.4 Å². The third-order valence-electron chi connectivity index (χ3n) is 5.90. The molecule has 11 heteroatoms. The third kappa shape index (κ3) is 4.04. The van der Waals surface area contributed by atoms with Crippen molar-refractivity contribution in [3.8, 4) is 6.07 Å². The SMILES string of the molecule is Cc1cc(C#N)cnc1C(=O)Nc1cc(F)c(F)c([C@]2(c3ccccc3F)N=C(N)CCC2(F)F)c1. The van der Waals surface area contributed by atoms with Gasteiger partial charge in [0.2, 0.25) is 0 Å². The standard InChI is InChI=1S/C25H18F5N5O/c1-13-8-14(11-31)12-33-22(13)23(36)34-15-9-17(21(28)19(27)10-15)25(16-4-2-3-5-18(16)26)24(29,30)7-6-20(32)35-25/h2-5,8-10,12H,6-7H2,1H3,(H2,32,35)(H,34,36)/t25-/m0/s1. The molecule has 1 aliphatic rings. The van der Waals surface area contributed by atoms with Gasteiger partial charge in [0, 0.05) is 41.9 Å². The van der Waals surface area contributed by atoms with Gasteiger partial charge in [-0.15, -0.1) is 0 Å². The number of halogens is 5. The van der Waals surface area contributed by atoms with Crippen LogP contribution in [-0.2, 0) is 5.54 Å². The number of nitriles is 1. The summed E-state index contributed by atoms with van der Waals surface area (Å²) in [7, 11) is 0. The number of rotatable bonds is 4. The Labute approximate surface area is 202 Å². The number of benzene rings is 2. The molecule has 0 bridgehead atoms. The molecule has 1 atom stereocenters. The average Bonchev–Trinajstić information content (AvgIpc) is 2.83. The molecule has 3 aromatic rings. The number of carbonyl (C=O) groups excluding carboxylic acids is 1. The number of amidine groups is 1. The summed E-state index contributed by atoms with van der Waals surface area (Å²) in [6, 6.07) is 9.04. The largest absolute Gasteiger partial charge is 0.387 e. The van der Waals surface area contributed by atoms with E-state index in [9.17, 15) is 13.6 Å². The van der Waals surface area contributed by atoms with Gasteiger partial charge in [0.25, 0.3) is 11.8 Å². The highest BCUT2D eigenvalue weighted by atomic mass is 19.3. The van der Waals surface area contributed by atoms with Gasteiger partial charge in [-0.05, 0) is 30.7 Å². The van der Waals surface area contributed by atoms with Crippen molar-refractivity contribution in [2.45, 2.75) is 31.2 Å². The molecule has 0 radical (unpaired) electrons. The van der Waals surface area contributed by atoms with Crippen molar-refractivity contribution in [1.82, 2.24) is 4.98 Å². The topological polar surface area (TPSA) is 104 Å². The number of alkyl halides is 2. The molecule has 1 aliphatic heterocycles. The molecule has 2 aromatic carbocycles. The third-order valence-corrected chi connectivity index (χ3v) is 5.90. The van der Waals surface area contributed by atoms with Crippen molar-refractivity contribution in [1.29, 1.82) is 5.26 Å². The van der Waals surface area contributed by atoms with Gasteiger partial charge in [-0.2, -0.15) is 5.26 Å². The Hall–Kier alpha value is -4.33. The number of aromatic nitrogens is 1. The van der Waals surface area contributed by atoms with Crippen LogP contribution in [0.15, 0.2) is 53.7 Å². The predicted molar refractivity (Wildman–Crippen MR) is 121 cm³/mol. The van der Waals surface area contributed by atoms with Crippen molar-refractivity contribution >= 4 is 17.4 Å². The summed E-state index contributed by atoms with van der Waals surface area (Å²) in [4.78, 5) is 20.5. The number of aliphatic imine (C=N–C) groups is 1. The number of aryl methyl sites for hydroxylation is 1. The first-order valence-electron chi connectivity index (χ1n) is 10.6. The molecule has 36 heavy (non-hydrogen) atoms. The number of amides is 1. The fourth-order valence-corrected chi connectivity index (χ4v) is 4.22. The summed E-state index contributed by atoms with van der Waals surface area (Å²) in [5, 5.41) is 11.3. The maximum absolute atomic E-state index is 15.6. The minimum Gasteiger partial charge on any atom is -0.387 e. The van der Waals surface area contributed by atoms with Gasteiger partial charge in [-0.1, -0.05) is 18.2 Å². The van der Waals surface area contributed by atoms with E-state index in [2.05, 4.69) is 15.3 Å². The Morgan fingerprint density at radius 1 is 1.11 bits per heavy atom. The van der Waals surface area contributed by atoms with Crippen LogP contribution < -0.4 is 11.1 Å². The Balaban J connectivity index is 1.90. The van der Waals surface area contributed by atoms with E-state index < -0.39 is 58.1 Å². The minimum absolute atomic E-state index is 0.130. The lowest BCUT2D eigenvalue weighted by Gasteiger charge is -2.41. The first-order valence-corrected chi connectivity index (χ1v) is 10.6. The molecule has 1 aromatic heterocycles. The molecule has 0 saturated heterocycles. The number of hydrogen-bond donors (Lipinski definition) is 2. The highest BCUT2D eigenvalue weighted by Gasteiger charge is 2.60. The second-order valence-electron chi connectivity index (χ2n) is 8.27. The molecule has 3 N–H and O–H groups in total. The van der Waals surface area contributed by atoms with Crippen LogP contribution in [0.25, 0.3) is 0 Å². The number of nitrogens with one attached hydrogen (secondary N) is 1. The fraction of sp³-hybridized carbons (Fsp3) is 0.200. The molecule has 6 nitrogen and oxygen atoms in total. The Kier molecular flexibility index (Phi) is 6.22. The van der Waals surface area contributed by atoms with E-state index in [4.69, 9.17) is 11.0 Å². The van der Waals surface area contributed by atoms with Crippen LogP contribution in [-0.4, -0.2) is 22.6 Å². The van der Waals surface area contributed by atoms with Crippen LogP contribution >= 0.6 is 0 Å². The quantitative estimate of drug-likeness (QED) is 0.495. The highest BCUT2D eigenvalue weighted by Crippen LogP contribution is 2.53. The van der Waals surface area contributed by atoms with Crippen LogP contribution in [0.1, 0.15) is 45.6 Å².